The zero-order valence-electron chi connectivity index (χ0n) is 16.5. The van der Waals surface area contributed by atoms with Crippen molar-refractivity contribution < 1.29 is 18.0 Å². The second-order valence-corrected chi connectivity index (χ2v) is 9.33. The van der Waals surface area contributed by atoms with E-state index in [4.69, 9.17) is 0 Å². The molecule has 2 aliphatic rings. The van der Waals surface area contributed by atoms with E-state index in [-0.39, 0.29) is 37.1 Å². The van der Waals surface area contributed by atoms with Crippen molar-refractivity contribution in [2.45, 2.75) is 12.8 Å². The van der Waals surface area contributed by atoms with Crippen LogP contribution in [-0.2, 0) is 21.2 Å². The Balaban J connectivity index is 1.27. The Morgan fingerprint density at radius 1 is 1.07 bits per heavy atom. The van der Waals surface area contributed by atoms with Gasteiger partial charge in [0.15, 0.2) is 0 Å². The molecule has 2 aliphatic heterocycles. The maximum atomic E-state index is 12.7. The van der Waals surface area contributed by atoms with Crippen molar-refractivity contribution in [1.29, 1.82) is 0 Å². The summed E-state index contributed by atoms with van der Waals surface area (Å²) < 4.78 is 26.7. The highest BCUT2D eigenvalue weighted by Crippen LogP contribution is 2.31. The lowest BCUT2D eigenvalue weighted by atomic mass is 10.1. The summed E-state index contributed by atoms with van der Waals surface area (Å²) in [5.41, 5.74) is 3.68. The summed E-state index contributed by atoms with van der Waals surface area (Å²) in [6.45, 7) is 4.60. The van der Waals surface area contributed by atoms with Crippen LogP contribution in [0.2, 0.25) is 0 Å². The van der Waals surface area contributed by atoms with Crippen LogP contribution in [-0.4, -0.2) is 50.5 Å². The zero-order valence-corrected chi connectivity index (χ0v) is 17.3. The highest BCUT2D eigenvalue weighted by atomic mass is 32.2. The quantitative estimate of drug-likeness (QED) is 0.735. The number of nitrogens with one attached hydrogen (secondary N) is 1. The predicted octanol–water partition coefficient (Wildman–Crippen LogP) is 2.01. The van der Waals surface area contributed by atoms with Gasteiger partial charge >= 0.3 is 0 Å². The number of anilines is 1. The summed E-state index contributed by atoms with van der Waals surface area (Å²) in [6.07, 6.45) is 0.767. The van der Waals surface area contributed by atoms with E-state index in [9.17, 15) is 18.0 Å². The molecule has 2 amide bonds. The summed E-state index contributed by atoms with van der Waals surface area (Å²) in [6, 6.07) is 14.6. The van der Waals surface area contributed by atoms with Crippen molar-refractivity contribution in [3.63, 3.8) is 0 Å². The fraction of sp³-hybridized carbons (Fsp3) is 0.273. The number of sulfonamides is 1. The molecule has 0 atom stereocenters. The second kappa shape index (κ2) is 7.95. The van der Waals surface area contributed by atoms with E-state index in [1.165, 1.54) is 9.21 Å². The Bertz CT molecular complexity index is 1090. The van der Waals surface area contributed by atoms with Crippen molar-refractivity contribution in [1.82, 2.24) is 10.2 Å². The lowest BCUT2D eigenvalue weighted by molar-refractivity contribution is -0.121. The molecule has 0 bridgehead atoms. The Hall–Kier alpha value is -3.13. The van der Waals surface area contributed by atoms with Crippen LogP contribution in [0.25, 0.3) is 5.70 Å². The number of carbonyl (C=O) groups is 2. The van der Waals surface area contributed by atoms with Crippen LogP contribution in [0.4, 0.5) is 5.69 Å². The van der Waals surface area contributed by atoms with Gasteiger partial charge in [0.05, 0.1) is 11.4 Å². The molecule has 2 heterocycles. The van der Waals surface area contributed by atoms with Crippen LogP contribution in [0.1, 0.15) is 27.9 Å². The highest BCUT2D eigenvalue weighted by molar-refractivity contribution is 7.92. The summed E-state index contributed by atoms with van der Waals surface area (Å²) in [7, 11) is -3.51. The van der Waals surface area contributed by atoms with Gasteiger partial charge in [-0.2, -0.15) is 0 Å². The standard InChI is InChI=1S/C22H23N3O4S/c1-16-18-7-3-4-8-19(18)22(27)24(16)13-11-21(26)23-12-15-30(28,29)25-14-10-17-6-2-5-9-20(17)25/h2-9H,1,10-15H2,(H,23,26). The molecule has 0 unspecified atom stereocenters. The first-order valence-electron chi connectivity index (χ1n) is 9.84. The first-order valence-corrected chi connectivity index (χ1v) is 11.4. The number of benzene rings is 2. The maximum absolute atomic E-state index is 12.7. The second-order valence-electron chi connectivity index (χ2n) is 7.32. The first kappa shape index (κ1) is 20.2. The highest BCUT2D eigenvalue weighted by Gasteiger charge is 2.31. The van der Waals surface area contributed by atoms with Gasteiger partial charge in [-0.3, -0.25) is 13.9 Å². The normalized spacial score (nSPS) is 15.3. The molecule has 7 nitrogen and oxygen atoms in total. The monoisotopic (exact) mass is 425 g/mol. The molecule has 4 rings (SSSR count). The molecule has 2 aromatic rings. The molecular formula is C22H23N3O4S. The van der Waals surface area contributed by atoms with E-state index in [1.807, 2.05) is 30.3 Å². The molecule has 0 radical (unpaired) electrons. The molecule has 0 aliphatic carbocycles. The minimum absolute atomic E-state index is 0.0228. The van der Waals surface area contributed by atoms with E-state index >= 15 is 0 Å². The number of fused-ring (bicyclic) bond motifs is 2. The van der Waals surface area contributed by atoms with E-state index in [1.54, 1.807) is 18.2 Å². The molecule has 1 N–H and O–H groups in total. The van der Waals surface area contributed by atoms with Crippen LogP contribution in [0, 0.1) is 0 Å². The van der Waals surface area contributed by atoms with Crippen LogP contribution in [0.15, 0.2) is 55.1 Å². The molecule has 156 valence electrons. The summed E-state index contributed by atoms with van der Waals surface area (Å²) in [4.78, 5) is 26.2. The summed E-state index contributed by atoms with van der Waals surface area (Å²) in [5, 5.41) is 2.65. The third kappa shape index (κ3) is 3.70. The minimum atomic E-state index is -3.51. The maximum Gasteiger partial charge on any atom is 0.258 e. The van der Waals surface area contributed by atoms with Crippen LogP contribution in [0.3, 0.4) is 0 Å². The van der Waals surface area contributed by atoms with Crippen LogP contribution >= 0.6 is 0 Å². The van der Waals surface area contributed by atoms with Gasteiger partial charge in [0.2, 0.25) is 15.9 Å². The molecule has 0 fully saturated rings. The largest absolute Gasteiger partial charge is 0.355 e. The SMILES string of the molecule is C=C1c2ccccc2C(=O)N1CCC(=O)NCCS(=O)(=O)N1CCc2ccccc21. The van der Waals surface area contributed by atoms with Gasteiger partial charge in [0.25, 0.3) is 5.91 Å². The summed E-state index contributed by atoms with van der Waals surface area (Å²) >= 11 is 0. The zero-order chi connectivity index (χ0) is 21.3. The van der Waals surface area contributed by atoms with Crippen molar-refractivity contribution in [2.24, 2.45) is 0 Å². The van der Waals surface area contributed by atoms with Crippen molar-refractivity contribution in [3.05, 3.63) is 71.8 Å². The number of hydrogen-bond acceptors (Lipinski definition) is 4. The van der Waals surface area contributed by atoms with Crippen molar-refractivity contribution >= 4 is 33.2 Å². The minimum Gasteiger partial charge on any atom is -0.355 e. The molecule has 0 saturated carbocycles. The number of para-hydroxylation sites is 1. The fourth-order valence-electron chi connectivity index (χ4n) is 3.90. The topological polar surface area (TPSA) is 86.8 Å². The van der Waals surface area contributed by atoms with Gasteiger partial charge < -0.3 is 10.2 Å². The van der Waals surface area contributed by atoms with Gasteiger partial charge in [-0.05, 0) is 24.1 Å². The molecule has 30 heavy (non-hydrogen) atoms. The Morgan fingerprint density at radius 3 is 2.53 bits per heavy atom. The van der Waals surface area contributed by atoms with Gasteiger partial charge in [-0.1, -0.05) is 43.0 Å². The van der Waals surface area contributed by atoms with Gasteiger partial charge in [0.1, 0.15) is 0 Å². The van der Waals surface area contributed by atoms with Gasteiger partial charge in [-0.25, -0.2) is 8.42 Å². The average Bonchev–Trinajstić information content (AvgIpc) is 3.27. The predicted molar refractivity (Wildman–Crippen MR) is 115 cm³/mol. The Morgan fingerprint density at radius 2 is 1.77 bits per heavy atom. The van der Waals surface area contributed by atoms with Gasteiger partial charge in [-0.15, -0.1) is 0 Å². The lowest BCUT2D eigenvalue weighted by Crippen LogP contribution is -2.37. The number of amides is 2. The molecule has 8 heteroatoms. The van der Waals surface area contributed by atoms with Crippen LogP contribution in [0.5, 0.6) is 0 Å². The van der Waals surface area contributed by atoms with Gasteiger partial charge in [0, 0.05) is 42.9 Å². The third-order valence-corrected chi connectivity index (χ3v) is 7.24. The molecular weight excluding hydrogens is 402 g/mol. The smallest absolute Gasteiger partial charge is 0.258 e. The Kier molecular flexibility index (Phi) is 5.34. The van der Waals surface area contributed by atoms with E-state index in [0.717, 1.165) is 16.8 Å². The number of rotatable bonds is 7. The van der Waals surface area contributed by atoms with Crippen molar-refractivity contribution in [2.75, 3.05) is 29.7 Å². The van der Waals surface area contributed by atoms with Crippen molar-refractivity contribution in [3.8, 4) is 0 Å². The number of nitrogens with zero attached hydrogens (tertiary/aromatic N) is 2. The first-order chi connectivity index (χ1) is 14.4. The third-order valence-electron chi connectivity index (χ3n) is 5.46. The van der Waals surface area contributed by atoms with E-state index in [2.05, 4.69) is 11.9 Å². The Labute approximate surface area is 176 Å². The average molecular weight is 426 g/mol. The molecule has 0 aromatic heterocycles. The molecule has 0 spiro atoms. The molecule has 2 aromatic carbocycles. The number of hydrogen-bond donors (Lipinski definition) is 1. The van der Waals surface area contributed by atoms with Crippen LogP contribution < -0.4 is 9.62 Å². The summed E-state index contributed by atoms with van der Waals surface area (Å²) in [5.74, 6) is -0.643. The van der Waals surface area contributed by atoms with E-state index in [0.29, 0.717) is 24.2 Å². The van der Waals surface area contributed by atoms with E-state index < -0.39 is 10.0 Å². The lowest BCUT2D eigenvalue weighted by Gasteiger charge is -2.20. The fourth-order valence-corrected chi connectivity index (χ4v) is 5.33. The molecule has 0 saturated heterocycles. The number of carbonyl (C=O) groups excluding carboxylic acids is 2.